The summed E-state index contributed by atoms with van der Waals surface area (Å²) in [6.07, 6.45) is 1.02. The van der Waals surface area contributed by atoms with Gasteiger partial charge in [-0.25, -0.2) is 8.78 Å². The van der Waals surface area contributed by atoms with E-state index in [-0.39, 0.29) is 17.8 Å². The molecule has 2 atom stereocenters. The van der Waals surface area contributed by atoms with Crippen molar-refractivity contribution >= 4 is 29.1 Å². The molecule has 0 radical (unpaired) electrons. The highest BCUT2D eigenvalue weighted by Gasteiger charge is 2.47. The smallest absolute Gasteiger partial charge is 0.268 e. The van der Waals surface area contributed by atoms with Crippen LogP contribution in [0, 0.1) is 11.3 Å². The Morgan fingerprint density at radius 1 is 1.29 bits per heavy atom. The number of nitriles is 1. The number of amides is 3. The van der Waals surface area contributed by atoms with Crippen LogP contribution in [-0.2, 0) is 9.59 Å². The lowest BCUT2D eigenvalue weighted by atomic mass is 10.1. The summed E-state index contributed by atoms with van der Waals surface area (Å²) < 4.78 is 33.0. The van der Waals surface area contributed by atoms with Crippen molar-refractivity contribution < 1.29 is 27.9 Å². The van der Waals surface area contributed by atoms with Crippen LogP contribution in [0.3, 0.4) is 0 Å². The number of aromatic nitrogens is 1. The Bertz CT molecular complexity index is 1200. The minimum atomic E-state index is -3.15. The van der Waals surface area contributed by atoms with Gasteiger partial charge in [-0.05, 0) is 18.2 Å². The van der Waals surface area contributed by atoms with Gasteiger partial charge in [0.1, 0.15) is 11.8 Å². The minimum absolute atomic E-state index is 0.0225. The zero-order chi connectivity index (χ0) is 25.2. The fourth-order valence-electron chi connectivity index (χ4n) is 4.00. The predicted molar refractivity (Wildman–Crippen MR) is 120 cm³/mol. The number of likely N-dealkylation sites (tertiary alicyclic amines) is 1. The number of hydrogen-bond acceptors (Lipinski definition) is 7. The standard InChI is InChI=1S/C23H22F2N6O4/c1-30-12-19(35-18-5-3-2-4-17(18)30)22(34)29-16-10-27-7-6-15(16)21(33)28-11-20(32)31-13-23(24,25)8-14(31)9-26/h2-7,10,14,19H,8,11-13H2,1H3,(H,28,33)(H,29,34). The van der Waals surface area contributed by atoms with E-state index in [4.69, 9.17) is 10.00 Å². The molecule has 35 heavy (non-hydrogen) atoms. The number of carbonyl (C=O) groups excluding carboxylic acids is 3. The van der Waals surface area contributed by atoms with Crippen LogP contribution in [-0.4, -0.2) is 72.4 Å². The SMILES string of the molecule is CN1CC(C(=O)Nc2cnccc2C(=O)NCC(=O)N2CC(F)(F)CC2C#N)Oc2ccccc21. The lowest BCUT2D eigenvalue weighted by Gasteiger charge is -2.33. The third-order valence-corrected chi connectivity index (χ3v) is 5.74. The van der Waals surface area contributed by atoms with Crippen molar-refractivity contribution in [3.05, 3.63) is 48.3 Å². The molecule has 0 saturated carbocycles. The molecule has 2 aliphatic rings. The van der Waals surface area contributed by atoms with Gasteiger partial charge in [0.2, 0.25) is 5.91 Å². The Balaban J connectivity index is 1.40. The van der Waals surface area contributed by atoms with E-state index in [1.54, 1.807) is 18.2 Å². The molecule has 3 heterocycles. The first kappa shape index (κ1) is 23.9. The Labute approximate surface area is 199 Å². The summed E-state index contributed by atoms with van der Waals surface area (Å²) in [5.74, 6) is -4.63. The third-order valence-electron chi connectivity index (χ3n) is 5.74. The van der Waals surface area contributed by atoms with Gasteiger partial charge < -0.3 is 25.2 Å². The lowest BCUT2D eigenvalue weighted by Crippen LogP contribution is -2.45. The zero-order valence-electron chi connectivity index (χ0n) is 18.7. The Morgan fingerprint density at radius 3 is 2.83 bits per heavy atom. The number of likely N-dealkylation sites (N-methyl/N-ethyl adjacent to an activating group) is 1. The molecule has 4 rings (SSSR count). The van der Waals surface area contributed by atoms with Crippen molar-refractivity contribution in [3.8, 4) is 11.8 Å². The maximum Gasteiger partial charge on any atom is 0.268 e. The molecule has 2 aromatic rings. The van der Waals surface area contributed by atoms with Crippen LogP contribution in [0.5, 0.6) is 5.75 Å². The zero-order valence-corrected chi connectivity index (χ0v) is 18.7. The van der Waals surface area contributed by atoms with Crippen molar-refractivity contribution in [1.29, 1.82) is 5.26 Å². The molecule has 182 valence electrons. The summed E-state index contributed by atoms with van der Waals surface area (Å²) in [6, 6.07) is 9.04. The van der Waals surface area contributed by atoms with Gasteiger partial charge in [-0.2, -0.15) is 5.26 Å². The van der Waals surface area contributed by atoms with Crippen molar-refractivity contribution in [1.82, 2.24) is 15.2 Å². The van der Waals surface area contributed by atoms with Gasteiger partial charge in [0, 0.05) is 19.7 Å². The number of fused-ring (bicyclic) bond motifs is 1. The summed E-state index contributed by atoms with van der Waals surface area (Å²) >= 11 is 0. The number of anilines is 2. The second-order valence-corrected chi connectivity index (χ2v) is 8.27. The summed E-state index contributed by atoms with van der Waals surface area (Å²) in [5.41, 5.74) is 0.960. The molecule has 1 aromatic carbocycles. The first-order valence-corrected chi connectivity index (χ1v) is 10.8. The predicted octanol–water partition coefficient (Wildman–Crippen LogP) is 1.41. The van der Waals surface area contributed by atoms with E-state index < -0.39 is 55.3 Å². The molecule has 1 fully saturated rings. The van der Waals surface area contributed by atoms with E-state index >= 15 is 0 Å². The minimum Gasteiger partial charge on any atom is -0.477 e. The highest BCUT2D eigenvalue weighted by Crippen LogP contribution is 2.33. The second-order valence-electron chi connectivity index (χ2n) is 8.27. The van der Waals surface area contributed by atoms with E-state index in [0.717, 1.165) is 10.6 Å². The molecule has 12 heteroatoms. The number of hydrogen-bond donors (Lipinski definition) is 2. The maximum atomic E-state index is 13.6. The Hall–Kier alpha value is -4.27. The highest BCUT2D eigenvalue weighted by atomic mass is 19.3. The Morgan fingerprint density at radius 2 is 2.06 bits per heavy atom. The number of carbonyl (C=O) groups is 3. The van der Waals surface area contributed by atoms with Crippen molar-refractivity contribution in [2.45, 2.75) is 24.5 Å². The van der Waals surface area contributed by atoms with Gasteiger partial charge in [-0.15, -0.1) is 0 Å². The first-order chi connectivity index (χ1) is 16.7. The number of pyridine rings is 1. The summed E-state index contributed by atoms with van der Waals surface area (Å²) in [7, 11) is 1.83. The van der Waals surface area contributed by atoms with Crippen molar-refractivity contribution in [2.24, 2.45) is 0 Å². The van der Waals surface area contributed by atoms with Crippen LogP contribution in [0.1, 0.15) is 16.8 Å². The highest BCUT2D eigenvalue weighted by molar-refractivity contribution is 6.05. The largest absolute Gasteiger partial charge is 0.477 e. The molecular formula is C23H22F2N6O4. The number of benzene rings is 1. The van der Waals surface area contributed by atoms with Gasteiger partial charge in [-0.1, -0.05) is 12.1 Å². The van der Waals surface area contributed by atoms with Crippen LogP contribution < -0.4 is 20.3 Å². The number of ether oxygens (including phenoxy) is 1. The van der Waals surface area contributed by atoms with Gasteiger partial charge in [-0.3, -0.25) is 19.4 Å². The second kappa shape index (κ2) is 9.54. The molecule has 2 unspecified atom stereocenters. The molecule has 2 aliphatic heterocycles. The van der Waals surface area contributed by atoms with E-state index in [1.807, 2.05) is 24.1 Å². The fourth-order valence-corrected chi connectivity index (χ4v) is 4.00. The average Bonchev–Trinajstić information content (AvgIpc) is 3.17. The van der Waals surface area contributed by atoms with Gasteiger partial charge in [0.25, 0.3) is 17.7 Å². The van der Waals surface area contributed by atoms with E-state index in [2.05, 4.69) is 15.6 Å². The molecule has 10 nitrogen and oxygen atoms in total. The van der Waals surface area contributed by atoms with Crippen LogP contribution in [0.2, 0.25) is 0 Å². The number of nitrogens with one attached hydrogen (secondary N) is 2. The number of halogens is 2. The molecule has 2 N–H and O–H groups in total. The fraction of sp³-hybridized carbons (Fsp3) is 0.348. The molecule has 1 aromatic heterocycles. The molecule has 1 saturated heterocycles. The molecular weight excluding hydrogens is 462 g/mol. The summed E-state index contributed by atoms with van der Waals surface area (Å²) in [6.45, 7) is -1.19. The maximum absolute atomic E-state index is 13.6. The van der Waals surface area contributed by atoms with Gasteiger partial charge >= 0.3 is 0 Å². The average molecular weight is 484 g/mol. The Kier molecular flexibility index (Phi) is 6.50. The summed E-state index contributed by atoms with van der Waals surface area (Å²) in [4.78, 5) is 44.5. The topological polar surface area (TPSA) is 128 Å². The molecule has 0 aliphatic carbocycles. The molecule has 3 amide bonds. The summed E-state index contributed by atoms with van der Waals surface area (Å²) in [5, 5.41) is 14.0. The van der Waals surface area contributed by atoms with Crippen LogP contribution in [0.25, 0.3) is 0 Å². The van der Waals surface area contributed by atoms with Crippen LogP contribution >= 0.6 is 0 Å². The number of nitrogens with zero attached hydrogens (tertiary/aromatic N) is 4. The lowest BCUT2D eigenvalue weighted by molar-refractivity contribution is -0.131. The van der Waals surface area contributed by atoms with Gasteiger partial charge in [0.15, 0.2) is 6.10 Å². The molecule has 0 bridgehead atoms. The van der Waals surface area contributed by atoms with Crippen LogP contribution in [0.4, 0.5) is 20.2 Å². The van der Waals surface area contributed by atoms with Crippen LogP contribution in [0.15, 0.2) is 42.7 Å². The number of para-hydroxylation sites is 2. The van der Waals surface area contributed by atoms with Gasteiger partial charge in [0.05, 0.1) is 48.8 Å². The van der Waals surface area contributed by atoms with E-state index in [1.165, 1.54) is 18.5 Å². The molecule has 0 spiro atoms. The third kappa shape index (κ3) is 5.13. The van der Waals surface area contributed by atoms with Crippen molar-refractivity contribution in [3.63, 3.8) is 0 Å². The van der Waals surface area contributed by atoms with E-state index in [9.17, 15) is 23.2 Å². The monoisotopic (exact) mass is 484 g/mol. The van der Waals surface area contributed by atoms with E-state index in [0.29, 0.717) is 5.75 Å². The number of rotatable bonds is 5. The normalized spacial score (nSPS) is 20.3. The number of alkyl halides is 2. The quantitative estimate of drug-likeness (QED) is 0.657. The van der Waals surface area contributed by atoms with Crippen molar-refractivity contribution in [2.75, 3.05) is 36.9 Å². The first-order valence-electron chi connectivity index (χ1n) is 10.8.